The molecule has 0 bridgehead atoms. The molecule has 0 radical (unpaired) electrons. The SMILES string of the molecule is CC1=[C]([Zr])CC=C1.F.F. The van der Waals surface area contributed by atoms with Gasteiger partial charge in [-0.1, -0.05) is 0 Å². The molecule has 0 spiro atoms. The first-order valence-electron chi connectivity index (χ1n) is 2.38. The summed E-state index contributed by atoms with van der Waals surface area (Å²) in [4.78, 5) is 0. The summed E-state index contributed by atoms with van der Waals surface area (Å²) < 4.78 is 1.60. The summed E-state index contributed by atoms with van der Waals surface area (Å²) in [6.07, 6.45) is 5.63. The number of rotatable bonds is 0. The molecular formula is C6H9F2Zr. The minimum atomic E-state index is 0. The van der Waals surface area contributed by atoms with E-state index in [1.165, 1.54) is 12.0 Å². The van der Waals surface area contributed by atoms with E-state index >= 15 is 0 Å². The van der Waals surface area contributed by atoms with Crippen LogP contribution in [0.5, 0.6) is 0 Å². The molecule has 51 valence electrons. The first-order valence-corrected chi connectivity index (χ1v) is 3.61. The predicted octanol–water partition coefficient (Wildman–Crippen LogP) is 2.07. The Kier molecular flexibility index (Phi) is 6.70. The predicted molar refractivity (Wildman–Crippen MR) is 31.5 cm³/mol. The van der Waals surface area contributed by atoms with Crippen LogP contribution in [0.1, 0.15) is 13.3 Å². The van der Waals surface area contributed by atoms with E-state index in [0.29, 0.717) is 0 Å². The minimum Gasteiger partial charge on any atom is -0.269 e. The van der Waals surface area contributed by atoms with Gasteiger partial charge in [0.05, 0.1) is 0 Å². The van der Waals surface area contributed by atoms with Crippen LogP contribution in [0.15, 0.2) is 21.0 Å². The van der Waals surface area contributed by atoms with Crippen LogP contribution in [0.25, 0.3) is 0 Å². The molecule has 0 N–H and O–H groups in total. The first-order chi connectivity index (χ1) is 3.30. The molecule has 3 heteroatoms. The summed E-state index contributed by atoms with van der Waals surface area (Å²) in [6, 6.07) is 0. The number of hydrogen-bond acceptors (Lipinski definition) is 0. The van der Waals surface area contributed by atoms with Crippen LogP contribution in [0.2, 0.25) is 0 Å². The topological polar surface area (TPSA) is 0 Å². The number of halogens is 2. The van der Waals surface area contributed by atoms with E-state index in [4.69, 9.17) is 0 Å². The van der Waals surface area contributed by atoms with Crippen molar-refractivity contribution in [1.82, 2.24) is 0 Å². The molecular weight excluding hydrogens is 201 g/mol. The van der Waals surface area contributed by atoms with E-state index in [-0.39, 0.29) is 9.41 Å². The Bertz CT molecular complexity index is 138. The van der Waals surface area contributed by atoms with E-state index in [9.17, 15) is 0 Å². The number of hydrogen-bond donors (Lipinski definition) is 0. The second-order valence-electron chi connectivity index (χ2n) is 1.77. The van der Waals surface area contributed by atoms with Crippen LogP contribution in [0.4, 0.5) is 9.41 Å². The van der Waals surface area contributed by atoms with Crippen molar-refractivity contribution < 1.29 is 34.1 Å². The largest absolute Gasteiger partial charge is 0.269 e. The molecule has 0 fully saturated rings. The maximum atomic E-state index is 2.22. The van der Waals surface area contributed by atoms with Crippen LogP contribution < -0.4 is 0 Å². The van der Waals surface area contributed by atoms with E-state index in [1.54, 1.807) is 28.0 Å². The zero-order chi connectivity index (χ0) is 5.28. The zero-order valence-corrected chi connectivity index (χ0v) is 7.64. The Morgan fingerprint density at radius 3 is 2.11 bits per heavy atom. The molecule has 0 aromatic rings. The van der Waals surface area contributed by atoms with Gasteiger partial charge < -0.3 is 0 Å². The van der Waals surface area contributed by atoms with Crippen molar-refractivity contribution in [3.05, 3.63) is 21.0 Å². The fourth-order valence-electron chi connectivity index (χ4n) is 0.615. The molecule has 0 aliphatic heterocycles. The van der Waals surface area contributed by atoms with Crippen molar-refractivity contribution in [3.8, 4) is 0 Å². The third kappa shape index (κ3) is 3.05. The van der Waals surface area contributed by atoms with Crippen LogP contribution in [-0.4, -0.2) is 0 Å². The van der Waals surface area contributed by atoms with Gasteiger partial charge in [0, 0.05) is 0 Å². The Hall–Kier alpha value is 0.223. The van der Waals surface area contributed by atoms with Gasteiger partial charge in [0.25, 0.3) is 0 Å². The van der Waals surface area contributed by atoms with Gasteiger partial charge in [-0.05, 0) is 0 Å². The van der Waals surface area contributed by atoms with Gasteiger partial charge in [-0.15, -0.1) is 0 Å². The zero-order valence-electron chi connectivity index (χ0n) is 5.18. The Balaban J connectivity index is 0. The Morgan fingerprint density at radius 1 is 1.44 bits per heavy atom. The average molecular weight is 210 g/mol. The van der Waals surface area contributed by atoms with Gasteiger partial charge in [-0.2, -0.15) is 0 Å². The molecule has 0 aromatic carbocycles. The fourth-order valence-corrected chi connectivity index (χ4v) is 1.11. The second-order valence-corrected chi connectivity index (χ2v) is 3.25. The summed E-state index contributed by atoms with van der Waals surface area (Å²) in [5.74, 6) is 0. The van der Waals surface area contributed by atoms with Crippen LogP contribution >= 0.6 is 0 Å². The molecule has 0 unspecified atom stereocenters. The quantitative estimate of drug-likeness (QED) is 0.574. The molecule has 0 heterocycles. The van der Waals surface area contributed by atoms with Crippen molar-refractivity contribution in [2.75, 3.05) is 0 Å². The molecule has 0 nitrogen and oxygen atoms in total. The maximum absolute atomic E-state index is 2.22. The molecule has 9 heavy (non-hydrogen) atoms. The summed E-state index contributed by atoms with van der Waals surface area (Å²) in [6.45, 7) is 2.17. The van der Waals surface area contributed by atoms with Crippen LogP contribution in [0.3, 0.4) is 0 Å². The third-order valence-corrected chi connectivity index (χ3v) is 2.64. The molecule has 0 amide bonds. The standard InChI is InChI=1S/C6H7.2FH.Zr/c1-6-4-2-3-5-6;;;/h2,4H,3H2,1H3;2*1H;. The summed E-state index contributed by atoms with van der Waals surface area (Å²) >= 11 is 1.58. The molecule has 0 aromatic heterocycles. The van der Waals surface area contributed by atoms with Gasteiger partial charge >= 0.3 is 59.1 Å². The van der Waals surface area contributed by atoms with Crippen molar-refractivity contribution >= 4 is 0 Å². The maximum Gasteiger partial charge on any atom is -0.269 e. The van der Waals surface area contributed by atoms with Gasteiger partial charge in [-0.3, -0.25) is 9.41 Å². The van der Waals surface area contributed by atoms with Gasteiger partial charge in [0.15, 0.2) is 0 Å². The van der Waals surface area contributed by atoms with Gasteiger partial charge in [0.2, 0.25) is 0 Å². The third-order valence-electron chi connectivity index (χ3n) is 1.17. The van der Waals surface area contributed by atoms with Crippen LogP contribution in [0, 0.1) is 0 Å². The van der Waals surface area contributed by atoms with Crippen molar-refractivity contribution in [2.24, 2.45) is 0 Å². The van der Waals surface area contributed by atoms with Crippen molar-refractivity contribution in [2.45, 2.75) is 13.3 Å². The minimum absolute atomic E-state index is 0. The molecule has 1 rings (SSSR count). The van der Waals surface area contributed by atoms with E-state index in [2.05, 4.69) is 19.1 Å². The first kappa shape index (κ1) is 12.0. The summed E-state index contributed by atoms with van der Waals surface area (Å²) in [5.41, 5.74) is 1.48. The second kappa shape index (κ2) is 5.04. The summed E-state index contributed by atoms with van der Waals surface area (Å²) in [5, 5.41) is 0. The van der Waals surface area contributed by atoms with Crippen LogP contribution in [-0.2, 0) is 24.7 Å². The normalized spacial score (nSPS) is 14.7. The van der Waals surface area contributed by atoms with E-state index < -0.39 is 0 Å². The fraction of sp³-hybridized carbons (Fsp3) is 0.333. The molecule has 0 saturated carbocycles. The molecule has 0 saturated heterocycles. The van der Waals surface area contributed by atoms with E-state index in [1.807, 2.05) is 0 Å². The van der Waals surface area contributed by atoms with Gasteiger partial charge in [-0.25, -0.2) is 0 Å². The average Bonchev–Trinajstić information content (AvgIpc) is 1.91. The Morgan fingerprint density at radius 2 is 2.00 bits per heavy atom. The smallest absolute Gasteiger partial charge is 0.269 e. The monoisotopic (exact) mass is 209 g/mol. The van der Waals surface area contributed by atoms with E-state index in [0.717, 1.165) is 0 Å². The van der Waals surface area contributed by atoms with Gasteiger partial charge in [0.1, 0.15) is 0 Å². The summed E-state index contributed by atoms with van der Waals surface area (Å²) in [7, 11) is 0. The Labute approximate surface area is 68.6 Å². The number of allylic oxidation sites excluding steroid dienone is 4. The molecule has 1 aliphatic carbocycles. The molecule has 0 atom stereocenters. The molecule has 1 aliphatic rings. The van der Waals surface area contributed by atoms with Crippen molar-refractivity contribution in [1.29, 1.82) is 0 Å². The van der Waals surface area contributed by atoms with Crippen molar-refractivity contribution in [3.63, 3.8) is 0 Å².